The van der Waals surface area contributed by atoms with E-state index >= 15 is 0 Å². The van der Waals surface area contributed by atoms with E-state index in [1.807, 2.05) is 24.3 Å². The van der Waals surface area contributed by atoms with E-state index in [2.05, 4.69) is 0 Å². The molecule has 2 N–H and O–H groups in total. The van der Waals surface area contributed by atoms with Crippen LogP contribution >= 0.6 is 11.8 Å². The van der Waals surface area contributed by atoms with Crippen LogP contribution in [0.15, 0.2) is 29.2 Å². The van der Waals surface area contributed by atoms with Crippen molar-refractivity contribution in [3.63, 3.8) is 0 Å². The van der Waals surface area contributed by atoms with Crippen molar-refractivity contribution in [1.82, 2.24) is 0 Å². The lowest BCUT2D eigenvalue weighted by Crippen LogP contribution is -2.47. The number of amides is 1. The quantitative estimate of drug-likeness (QED) is 0.843. The highest BCUT2D eigenvalue weighted by atomic mass is 32.2. The van der Waals surface area contributed by atoms with Gasteiger partial charge < -0.3 is 10.5 Å². The minimum Gasteiger partial charge on any atom is -0.459 e. The number of anilines is 1. The molecule has 1 amide bonds. The van der Waals surface area contributed by atoms with Gasteiger partial charge in [0.15, 0.2) is 0 Å². The topological polar surface area (TPSA) is 72.6 Å². The van der Waals surface area contributed by atoms with Crippen LogP contribution in [0, 0.1) is 0 Å². The Morgan fingerprint density at radius 2 is 2.10 bits per heavy atom. The van der Waals surface area contributed by atoms with Crippen LogP contribution in [0.4, 0.5) is 5.69 Å². The molecule has 0 saturated carbocycles. The number of ether oxygens (including phenoxy) is 1. The van der Waals surface area contributed by atoms with Crippen LogP contribution in [0.25, 0.3) is 0 Å². The largest absolute Gasteiger partial charge is 0.459 e. The second kappa shape index (κ2) is 6.07. The Morgan fingerprint density at radius 1 is 1.43 bits per heavy atom. The molecule has 0 aromatic heterocycles. The summed E-state index contributed by atoms with van der Waals surface area (Å²) in [7, 11) is 0. The molecule has 6 heteroatoms. The molecular formula is C15H20N2O3S. The van der Waals surface area contributed by atoms with Crippen LogP contribution in [0.3, 0.4) is 0 Å². The minimum absolute atomic E-state index is 0.124. The van der Waals surface area contributed by atoms with Gasteiger partial charge in [-0.2, -0.15) is 0 Å². The summed E-state index contributed by atoms with van der Waals surface area (Å²) in [6.07, 6.45) is 0. The Morgan fingerprint density at radius 3 is 2.76 bits per heavy atom. The van der Waals surface area contributed by atoms with Crippen LogP contribution in [-0.4, -0.2) is 35.8 Å². The van der Waals surface area contributed by atoms with Crippen LogP contribution < -0.4 is 10.6 Å². The number of hydrogen-bond acceptors (Lipinski definition) is 5. The Kier molecular flexibility index (Phi) is 4.58. The van der Waals surface area contributed by atoms with Gasteiger partial charge in [-0.05, 0) is 32.9 Å². The van der Waals surface area contributed by atoms with E-state index in [1.165, 1.54) is 16.7 Å². The van der Waals surface area contributed by atoms with Gasteiger partial charge in [-0.25, -0.2) is 0 Å². The van der Waals surface area contributed by atoms with Gasteiger partial charge >= 0.3 is 5.97 Å². The lowest BCUT2D eigenvalue weighted by molar-refractivity contribution is -0.153. The number of rotatable bonds is 2. The van der Waals surface area contributed by atoms with Gasteiger partial charge in [-0.1, -0.05) is 12.1 Å². The third-order valence-electron chi connectivity index (χ3n) is 2.86. The standard InChI is InChI=1S/C15H20N2O3S/c1-15(2,3)20-13(18)8-17-11-6-4-5-7-12(11)21-9-10(16)14(17)19/h4-7,10H,8-9,16H2,1-3H3. The zero-order valence-corrected chi connectivity index (χ0v) is 13.3. The predicted octanol–water partition coefficient (Wildman–Crippen LogP) is 1.79. The summed E-state index contributed by atoms with van der Waals surface area (Å²) in [4.78, 5) is 26.8. The van der Waals surface area contributed by atoms with E-state index in [-0.39, 0.29) is 12.5 Å². The number of benzene rings is 1. The molecule has 0 bridgehead atoms. The molecule has 5 nitrogen and oxygen atoms in total. The number of para-hydroxylation sites is 1. The number of nitrogens with two attached hydrogens (primary N) is 1. The second-order valence-electron chi connectivity index (χ2n) is 5.90. The van der Waals surface area contributed by atoms with E-state index in [0.717, 1.165) is 4.90 Å². The van der Waals surface area contributed by atoms with Crippen molar-refractivity contribution < 1.29 is 14.3 Å². The Labute approximate surface area is 128 Å². The molecule has 1 unspecified atom stereocenters. The fraction of sp³-hybridized carbons (Fsp3) is 0.467. The van der Waals surface area contributed by atoms with Crippen molar-refractivity contribution >= 4 is 29.3 Å². The highest BCUT2D eigenvalue weighted by molar-refractivity contribution is 7.99. The Balaban J connectivity index is 2.26. The first-order valence-electron chi connectivity index (χ1n) is 6.78. The molecule has 1 atom stereocenters. The Hall–Kier alpha value is -1.53. The molecule has 1 aromatic carbocycles. The predicted molar refractivity (Wildman–Crippen MR) is 83.3 cm³/mol. The van der Waals surface area contributed by atoms with Gasteiger partial charge in [0.1, 0.15) is 12.1 Å². The highest BCUT2D eigenvalue weighted by Crippen LogP contribution is 2.33. The molecule has 21 heavy (non-hydrogen) atoms. The average molecular weight is 308 g/mol. The maximum absolute atomic E-state index is 12.4. The number of esters is 1. The van der Waals surface area contributed by atoms with Crippen LogP contribution in [0.1, 0.15) is 20.8 Å². The number of fused-ring (bicyclic) bond motifs is 1. The van der Waals surface area contributed by atoms with Gasteiger partial charge in [0.05, 0.1) is 11.7 Å². The fourth-order valence-electron chi connectivity index (χ4n) is 2.04. The number of carbonyl (C=O) groups excluding carboxylic acids is 2. The first kappa shape index (κ1) is 15.9. The summed E-state index contributed by atoms with van der Waals surface area (Å²) < 4.78 is 5.30. The van der Waals surface area contributed by atoms with Crippen molar-refractivity contribution in [2.24, 2.45) is 5.73 Å². The molecule has 1 aromatic rings. The molecule has 2 rings (SSSR count). The molecule has 1 heterocycles. The highest BCUT2D eigenvalue weighted by Gasteiger charge is 2.31. The third kappa shape index (κ3) is 3.98. The fourth-order valence-corrected chi connectivity index (χ4v) is 3.04. The number of thioether (sulfide) groups is 1. The van der Waals surface area contributed by atoms with Gasteiger partial charge in [0.2, 0.25) is 5.91 Å². The molecule has 0 saturated heterocycles. The molecule has 1 aliphatic rings. The van der Waals surface area contributed by atoms with E-state index < -0.39 is 17.6 Å². The maximum atomic E-state index is 12.4. The van der Waals surface area contributed by atoms with E-state index in [9.17, 15) is 9.59 Å². The SMILES string of the molecule is CC(C)(C)OC(=O)CN1C(=O)C(N)CSc2ccccc21. The number of carbonyl (C=O) groups is 2. The molecule has 0 spiro atoms. The van der Waals surface area contributed by atoms with Crippen molar-refractivity contribution in [2.45, 2.75) is 37.3 Å². The normalized spacial score (nSPS) is 19.0. The summed E-state index contributed by atoms with van der Waals surface area (Å²) in [5, 5.41) is 0. The first-order valence-corrected chi connectivity index (χ1v) is 7.77. The molecule has 0 radical (unpaired) electrons. The summed E-state index contributed by atoms with van der Waals surface area (Å²) >= 11 is 1.53. The van der Waals surface area contributed by atoms with E-state index in [0.29, 0.717) is 11.4 Å². The summed E-state index contributed by atoms with van der Waals surface area (Å²) in [5.74, 6) is -0.191. The minimum atomic E-state index is -0.621. The average Bonchev–Trinajstić information content (AvgIpc) is 2.49. The van der Waals surface area contributed by atoms with Crippen LogP contribution in [-0.2, 0) is 14.3 Å². The summed E-state index contributed by atoms with van der Waals surface area (Å²) in [6.45, 7) is 5.27. The van der Waals surface area contributed by atoms with Gasteiger partial charge in [0, 0.05) is 10.6 Å². The second-order valence-corrected chi connectivity index (χ2v) is 6.96. The van der Waals surface area contributed by atoms with Crippen LogP contribution in [0.5, 0.6) is 0 Å². The molecule has 1 aliphatic heterocycles. The molecule has 114 valence electrons. The van der Waals surface area contributed by atoms with Crippen molar-refractivity contribution in [2.75, 3.05) is 17.2 Å². The van der Waals surface area contributed by atoms with E-state index in [1.54, 1.807) is 20.8 Å². The smallest absolute Gasteiger partial charge is 0.326 e. The lowest BCUT2D eigenvalue weighted by atomic mass is 10.2. The lowest BCUT2D eigenvalue weighted by Gasteiger charge is -2.26. The Bertz CT molecular complexity index is 554. The molecule has 0 fully saturated rings. The first-order chi connectivity index (χ1) is 9.78. The zero-order valence-electron chi connectivity index (χ0n) is 12.5. The molecular weight excluding hydrogens is 288 g/mol. The van der Waals surface area contributed by atoms with Gasteiger partial charge in [-0.15, -0.1) is 11.8 Å². The zero-order chi connectivity index (χ0) is 15.6. The number of nitrogens with zero attached hydrogens (tertiary/aromatic N) is 1. The van der Waals surface area contributed by atoms with Gasteiger partial charge in [0.25, 0.3) is 0 Å². The van der Waals surface area contributed by atoms with Gasteiger partial charge in [-0.3, -0.25) is 14.5 Å². The van der Waals surface area contributed by atoms with E-state index in [4.69, 9.17) is 10.5 Å². The van der Waals surface area contributed by atoms with Crippen molar-refractivity contribution in [1.29, 1.82) is 0 Å². The summed E-state index contributed by atoms with van der Waals surface area (Å²) in [6, 6.07) is 6.87. The van der Waals surface area contributed by atoms with Crippen molar-refractivity contribution in [3.8, 4) is 0 Å². The number of hydrogen-bond donors (Lipinski definition) is 1. The molecule has 0 aliphatic carbocycles. The maximum Gasteiger partial charge on any atom is 0.326 e. The summed E-state index contributed by atoms with van der Waals surface area (Å²) in [5.41, 5.74) is 6.02. The van der Waals surface area contributed by atoms with Crippen LogP contribution in [0.2, 0.25) is 0 Å². The monoisotopic (exact) mass is 308 g/mol. The third-order valence-corrected chi connectivity index (χ3v) is 4.05. The van der Waals surface area contributed by atoms with Crippen molar-refractivity contribution in [3.05, 3.63) is 24.3 Å².